The van der Waals surface area contributed by atoms with Crippen molar-refractivity contribution < 1.29 is 9.21 Å². The van der Waals surface area contributed by atoms with Crippen molar-refractivity contribution in [2.45, 2.75) is 52.7 Å². The molecule has 5 nitrogen and oxygen atoms in total. The second kappa shape index (κ2) is 8.61. The first-order chi connectivity index (χ1) is 13.0. The van der Waals surface area contributed by atoms with E-state index in [0.29, 0.717) is 30.7 Å². The molecular weight excluding hydrogens is 338 g/mol. The molecule has 0 saturated heterocycles. The van der Waals surface area contributed by atoms with Gasteiger partial charge < -0.3 is 14.6 Å². The third-order valence-corrected chi connectivity index (χ3v) is 5.47. The molecule has 1 aliphatic heterocycles. The van der Waals surface area contributed by atoms with Gasteiger partial charge in [-0.3, -0.25) is 9.69 Å². The molecule has 5 heteroatoms. The molecule has 3 rings (SSSR count). The van der Waals surface area contributed by atoms with E-state index in [4.69, 9.17) is 4.42 Å². The van der Waals surface area contributed by atoms with Crippen LogP contribution >= 0.6 is 0 Å². The Labute approximate surface area is 162 Å². The van der Waals surface area contributed by atoms with Crippen molar-refractivity contribution in [1.82, 2.24) is 10.2 Å². The Morgan fingerprint density at radius 2 is 2.11 bits per heavy atom. The highest BCUT2D eigenvalue weighted by Gasteiger charge is 2.27. The van der Waals surface area contributed by atoms with E-state index in [1.165, 1.54) is 11.3 Å². The van der Waals surface area contributed by atoms with E-state index < -0.39 is 0 Å². The molecule has 1 amide bonds. The number of likely N-dealkylation sites (N-methyl/N-ethyl adjacent to an activating group) is 1. The van der Waals surface area contributed by atoms with Crippen LogP contribution in [0.4, 0.5) is 5.69 Å². The Morgan fingerprint density at radius 1 is 1.33 bits per heavy atom. The van der Waals surface area contributed by atoms with Crippen LogP contribution in [0.25, 0.3) is 0 Å². The van der Waals surface area contributed by atoms with E-state index >= 15 is 0 Å². The largest absolute Gasteiger partial charge is 0.467 e. The Balaban J connectivity index is 1.63. The monoisotopic (exact) mass is 369 g/mol. The van der Waals surface area contributed by atoms with Gasteiger partial charge in [-0.05, 0) is 51.4 Å². The molecule has 0 spiro atoms. The number of fused-ring (bicyclic) bond motifs is 1. The Hall–Kier alpha value is -2.27. The van der Waals surface area contributed by atoms with Gasteiger partial charge in [0.1, 0.15) is 5.76 Å². The highest BCUT2D eigenvalue weighted by molar-refractivity contribution is 5.95. The zero-order chi connectivity index (χ0) is 19.4. The first kappa shape index (κ1) is 19.5. The van der Waals surface area contributed by atoms with Crippen molar-refractivity contribution in [3.63, 3.8) is 0 Å². The van der Waals surface area contributed by atoms with Crippen molar-refractivity contribution in [3.8, 4) is 0 Å². The van der Waals surface area contributed by atoms with Crippen molar-refractivity contribution in [3.05, 3.63) is 53.5 Å². The van der Waals surface area contributed by atoms with Gasteiger partial charge in [0.2, 0.25) is 0 Å². The summed E-state index contributed by atoms with van der Waals surface area (Å²) in [5, 5.41) is 3.04. The topological polar surface area (TPSA) is 48.7 Å². The molecule has 146 valence electrons. The normalized spacial score (nSPS) is 16.2. The fourth-order valence-corrected chi connectivity index (χ4v) is 3.88. The maximum absolute atomic E-state index is 12.7. The van der Waals surface area contributed by atoms with Crippen molar-refractivity contribution in [2.75, 3.05) is 24.5 Å². The van der Waals surface area contributed by atoms with Crippen molar-refractivity contribution in [2.24, 2.45) is 0 Å². The van der Waals surface area contributed by atoms with Gasteiger partial charge in [-0.25, -0.2) is 0 Å². The van der Waals surface area contributed by atoms with Crippen molar-refractivity contribution in [1.29, 1.82) is 0 Å². The molecule has 1 unspecified atom stereocenters. The summed E-state index contributed by atoms with van der Waals surface area (Å²) in [6.07, 6.45) is 2.64. The summed E-state index contributed by atoms with van der Waals surface area (Å²) in [5.74, 6) is 0.672. The number of nitrogens with zero attached hydrogens (tertiary/aromatic N) is 2. The predicted molar refractivity (Wildman–Crippen MR) is 109 cm³/mol. The van der Waals surface area contributed by atoms with E-state index in [1.54, 1.807) is 12.3 Å². The molecule has 0 saturated carbocycles. The van der Waals surface area contributed by atoms with Gasteiger partial charge in [0.15, 0.2) is 0 Å². The summed E-state index contributed by atoms with van der Waals surface area (Å²) in [5.41, 5.74) is 3.23. The third kappa shape index (κ3) is 4.35. The van der Waals surface area contributed by atoms with Gasteiger partial charge in [-0.2, -0.15) is 0 Å². The molecule has 2 heterocycles. The second-order valence-electron chi connectivity index (χ2n) is 7.55. The molecular formula is C22H31N3O2. The van der Waals surface area contributed by atoms with Crippen LogP contribution in [0, 0.1) is 0 Å². The number of amides is 1. The Kier molecular flexibility index (Phi) is 6.22. The average Bonchev–Trinajstić information content (AvgIpc) is 3.23. The lowest BCUT2D eigenvalue weighted by atomic mass is 10.1. The summed E-state index contributed by atoms with van der Waals surface area (Å²) in [6, 6.07) is 11.1. The molecule has 2 aromatic rings. The number of carbonyl (C=O) groups excluding carboxylic acids is 1. The van der Waals surface area contributed by atoms with Crippen LogP contribution in [0.15, 0.2) is 41.0 Å². The van der Waals surface area contributed by atoms with Crippen LogP contribution in [-0.2, 0) is 13.0 Å². The maximum Gasteiger partial charge on any atom is 0.254 e. The molecule has 0 radical (unpaired) electrons. The first-order valence-electron chi connectivity index (χ1n) is 9.94. The number of hydrogen-bond acceptors (Lipinski definition) is 4. The number of rotatable bonds is 8. The van der Waals surface area contributed by atoms with Gasteiger partial charge in [-0.15, -0.1) is 0 Å². The minimum atomic E-state index is -0.0568. The van der Waals surface area contributed by atoms with E-state index in [0.717, 1.165) is 25.3 Å². The van der Waals surface area contributed by atoms with Crippen LogP contribution in [0.2, 0.25) is 0 Å². The molecule has 0 fully saturated rings. The van der Waals surface area contributed by atoms with Crippen LogP contribution in [0.3, 0.4) is 0 Å². The zero-order valence-electron chi connectivity index (χ0n) is 16.9. The number of furan rings is 1. The molecule has 1 atom stereocenters. The summed E-state index contributed by atoms with van der Waals surface area (Å²) in [4.78, 5) is 17.3. The lowest BCUT2D eigenvalue weighted by Gasteiger charge is -2.25. The molecule has 1 aromatic carbocycles. The van der Waals surface area contributed by atoms with E-state index in [-0.39, 0.29) is 5.91 Å². The van der Waals surface area contributed by atoms with Gasteiger partial charge >= 0.3 is 0 Å². The molecule has 0 aliphatic carbocycles. The fraction of sp³-hybridized carbons (Fsp3) is 0.500. The number of nitrogens with one attached hydrogen (secondary N) is 1. The quantitative estimate of drug-likeness (QED) is 0.771. The number of anilines is 1. The van der Waals surface area contributed by atoms with E-state index in [1.807, 2.05) is 0 Å². The van der Waals surface area contributed by atoms with E-state index in [9.17, 15) is 4.79 Å². The van der Waals surface area contributed by atoms with Crippen LogP contribution in [0.5, 0.6) is 0 Å². The van der Waals surface area contributed by atoms with E-state index in [2.05, 4.69) is 67.1 Å². The lowest BCUT2D eigenvalue weighted by Crippen LogP contribution is -2.38. The summed E-state index contributed by atoms with van der Waals surface area (Å²) in [7, 11) is 0. The van der Waals surface area contributed by atoms with Crippen LogP contribution < -0.4 is 10.2 Å². The van der Waals surface area contributed by atoms with Crippen molar-refractivity contribution >= 4 is 11.6 Å². The van der Waals surface area contributed by atoms with Crippen LogP contribution in [-0.4, -0.2) is 42.5 Å². The molecule has 0 bridgehead atoms. The van der Waals surface area contributed by atoms with Gasteiger partial charge in [-0.1, -0.05) is 25.1 Å². The summed E-state index contributed by atoms with van der Waals surface area (Å²) in [6.45, 7) is 11.8. The number of hydrogen-bond donors (Lipinski definition) is 1. The third-order valence-electron chi connectivity index (χ3n) is 5.47. The zero-order valence-corrected chi connectivity index (χ0v) is 16.9. The van der Waals surface area contributed by atoms with Gasteiger partial charge in [0.05, 0.1) is 18.4 Å². The highest BCUT2D eigenvalue weighted by atomic mass is 16.3. The standard InChI is InChI=1S/C22H31N3O2/c1-5-24(16(2)3)12-11-23-22(26)19-10-13-27-21(19)15-25-17(4)14-18-8-6-7-9-20(18)25/h6-10,13,16-17H,5,11-12,14-15H2,1-4H3,(H,23,26). The molecule has 1 N–H and O–H groups in total. The fourth-order valence-electron chi connectivity index (χ4n) is 3.88. The van der Waals surface area contributed by atoms with Crippen LogP contribution in [0.1, 0.15) is 49.4 Å². The lowest BCUT2D eigenvalue weighted by molar-refractivity contribution is 0.0944. The molecule has 27 heavy (non-hydrogen) atoms. The van der Waals surface area contributed by atoms with Gasteiger partial charge in [0.25, 0.3) is 5.91 Å². The Morgan fingerprint density at radius 3 is 2.85 bits per heavy atom. The predicted octanol–water partition coefficient (Wildman–Crippen LogP) is 3.69. The average molecular weight is 370 g/mol. The number of benzene rings is 1. The number of carbonyl (C=O) groups is 1. The number of para-hydroxylation sites is 1. The smallest absolute Gasteiger partial charge is 0.254 e. The minimum absolute atomic E-state index is 0.0568. The maximum atomic E-state index is 12.7. The summed E-state index contributed by atoms with van der Waals surface area (Å²) < 4.78 is 5.68. The first-order valence-corrected chi connectivity index (χ1v) is 9.94. The minimum Gasteiger partial charge on any atom is -0.467 e. The van der Waals surface area contributed by atoms with Gasteiger partial charge in [0, 0.05) is 30.9 Å². The Bertz CT molecular complexity index is 768. The molecule has 1 aliphatic rings. The molecule has 1 aromatic heterocycles. The SMILES string of the molecule is CCN(CCNC(=O)c1ccoc1CN1c2ccccc2CC1C)C(C)C. The highest BCUT2D eigenvalue weighted by Crippen LogP contribution is 2.33. The second-order valence-corrected chi connectivity index (χ2v) is 7.55. The summed E-state index contributed by atoms with van der Waals surface area (Å²) >= 11 is 0.